The van der Waals surface area contributed by atoms with Crippen molar-refractivity contribution in [3.05, 3.63) is 42.0 Å². The lowest BCUT2D eigenvalue weighted by molar-refractivity contribution is -0.137. The van der Waals surface area contributed by atoms with E-state index in [0.717, 1.165) is 27.4 Å². The van der Waals surface area contributed by atoms with Gasteiger partial charge >= 0.3 is 12.1 Å². The van der Waals surface area contributed by atoms with Crippen molar-refractivity contribution in [1.82, 2.24) is 4.98 Å². The molecule has 0 aliphatic carbocycles. The van der Waals surface area contributed by atoms with Crippen molar-refractivity contribution >= 4 is 39.6 Å². The minimum Gasteiger partial charge on any atom is -0.481 e. The van der Waals surface area contributed by atoms with E-state index in [4.69, 9.17) is 9.84 Å². The zero-order valence-electron chi connectivity index (χ0n) is 13.3. The summed E-state index contributed by atoms with van der Waals surface area (Å²) in [6, 6.07) is 11.9. The normalized spacial score (nSPS) is 10.9. The van der Waals surface area contributed by atoms with Crippen LogP contribution in [0.5, 0.6) is 0 Å². The van der Waals surface area contributed by atoms with E-state index in [0.29, 0.717) is 12.1 Å². The summed E-state index contributed by atoms with van der Waals surface area (Å²) >= 11 is 0. The summed E-state index contributed by atoms with van der Waals surface area (Å²) in [6.07, 6.45) is -0.310. The van der Waals surface area contributed by atoms with Gasteiger partial charge < -0.3 is 14.8 Å². The first-order valence-electron chi connectivity index (χ1n) is 7.71. The number of hydrogen-bond donors (Lipinski definition) is 3. The van der Waals surface area contributed by atoms with Crippen LogP contribution < -0.4 is 5.32 Å². The lowest BCUT2D eigenvalue weighted by Crippen LogP contribution is -2.15. The number of carbonyl (C=O) groups excluding carboxylic acids is 1. The van der Waals surface area contributed by atoms with E-state index in [1.54, 1.807) is 0 Å². The molecule has 24 heavy (non-hydrogen) atoms. The first kappa shape index (κ1) is 15.9. The number of carboxylic acid groups (broad SMARTS) is 1. The number of anilines is 1. The number of fused-ring (bicyclic) bond motifs is 3. The van der Waals surface area contributed by atoms with Crippen LogP contribution in [0.25, 0.3) is 21.8 Å². The number of amides is 1. The highest BCUT2D eigenvalue weighted by Gasteiger charge is 2.10. The molecule has 1 amide bonds. The van der Waals surface area contributed by atoms with Crippen LogP contribution in [0.4, 0.5) is 10.5 Å². The molecule has 1 heterocycles. The molecule has 0 bridgehead atoms. The smallest absolute Gasteiger partial charge is 0.411 e. The van der Waals surface area contributed by atoms with Crippen LogP contribution in [0.2, 0.25) is 0 Å². The largest absolute Gasteiger partial charge is 0.481 e. The molecule has 3 rings (SSSR count). The van der Waals surface area contributed by atoms with Crippen LogP contribution in [0.1, 0.15) is 18.4 Å². The van der Waals surface area contributed by atoms with Crippen molar-refractivity contribution in [2.75, 3.05) is 11.9 Å². The van der Waals surface area contributed by atoms with E-state index in [9.17, 15) is 9.59 Å². The highest BCUT2D eigenvalue weighted by Crippen LogP contribution is 2.29. The minimum atomic E-state index is -0.904. The fourth-order valence-corrected chi connectivity index (χ4v) is 2.68. The average molecular weight is 326 g/mol. The molecule has 0 unspecified atom stereocenters. The van der Waals surface area contributed by atoms with Gasteiger partial charge in [-0.3, -0.25) is 10.1 Å². The molecule has 1 aromatic heterocycles. The Morgan fingerprint density at radius 1 is 1.17 bits per heavy atom. The molecule has 124 valence electrons. The van der Waals surface area contributed by atoms with Crippen LogP contribution in [0.3, 0.4) is 0 Å². The standard InChI is InChI=1S/C18H18N2O4/c1-11-9-13-12-5-2-3-6-14(12)19-16(13)10-15(11)20-18(23)24-8-4-7-17(21)22/h2-3,5-6,9-10,19H,4,7-8H2,1H3,(H,20,23)(H,21,22). The molecule has 6 nitrogen and oxygen atoms in total. The highest BCUT2D eigenvalue weighted by molar-refractivity contribution is 6.08. The number of aromatic amines is 1. The topological polar surface area (TPSA) is 91.4 Å². The third kappa shape index (κ3) is 3.32. The number of H-pyrrole nitrogens is 1. The lowest BCUT2D eigenvalue weighted by atomic mass is 10.1. The van der Waals surface area contributed by atoms with Crippen LogP contribution >= 0.6 is 0 Å². The van der Waals surface area contributed by atoms with Gasteiger partial charge in [-0.25, -0.2) is 4.79 Å². The SMILES string of the molecule is Cc1cc2c(cc1NC(=O)OCCCC(=O)O)[nH]c1ccccc12. The van der Waals surface area contributed by atoms with Crippen molar-refractivity contribution in [3.63, 3.8) is 0 Å². The number of carbonyl (C=O) groups is 2. The van der Waals surface area contributed by atoms with Crippen molar-refractivity contribution < 1.29 is 19.4 Å². The molecule has 0 aliphatic rings. The Morgan fingerprint density at radius 2 is 1.96 bits per heavy atom. The lowest BCUT2D eigenvalue weighted by Gasteiger charge is -2.09. The number of aryl methyl sites for hydroxylation is 1. The molecule has 0 radical (unpaired) electrons. The number of ether oxygens (including phenoxy) is 1. The molecular formula is C18H18N2O4. The molecule has 0 fully saturated rings. The molecular weight excluding hydrogens is 308 g/mol. The van der Waals surface area contributed by atoms with Crippen molar-refractivity contribution in [1.29, 1.82) is 0 Å². The second-order valence-electron chi connectivity index (χ2n) is 5.64. The molecule has 0 saturated carbocycles. The summed E-state index contributed by atoms with van der Waals surface area (Å²) in [7, 11) is 0. The Balaban J connectivity index is 1.75. The van der Waals surface area contributed by atoms with Gasteiger partial charge in [-0.2, -0.15) is 0 Å². The average Bonchev–Trinajstić information content (AvgIpc) is 2.89. The van der Waals surface area contributed by atoms with E-state index in [1.165, 1.54) is 0 Å². The number of hydrogen-bond acceptors (Lipinski definition) is 3. The van der Waals surface area contributed by atoms with Gasteiger partial charge in [0, 0.05) is 33.9 Å². The van der Waals surface area contributed by atoms with Gasteiger partial charge in [-0.1, -0.05) is 18.2 Å². The summed E-state index contributed by atoms with van der Waals surface area (Å²) < 4.78 is 5.00. The zero-order valence-corrected chi connectivity index (χ0v) is 13.3. The Morgan fingerprint density at radius 3 is 2.75 bits per heavy atom. The summed E-state index contributed by atoms with van der Waals surface area (Å²) in [5, 5.41) is 13.5. The fourth-order valence-electron chi connectivity index (χ4n) is 2.68. The first-order chi connectivity index (χ1) is 11.5. The van der Waals surface area contributed by atoms with E-state index in [1.807, 2.05) is 37.3 Å². The fraction of sp³-hybridized carbons (Fsp3) is 0.222. The van der Waals surface area contributed by atoms with Gasteiger partial charge in [0.15, 0.2) is 0 Å². The number of aliphatic carboxylic acids is 1. The number of nitrogens with one attached hydrogen (secondary N) is 2. The summed E-state index contributed by atoms with van der Waals surface area (Å²) in [5.41, 5.74) is 3.57. The summed E-state index contributed by atoms with van der Waals surface area (Å²) in [5.74, 6) is -0.904. The van der Waals surface area contributed by atoms with Crippen LogP contribution in [0, 0.1) is 6.92 Å². The number of aromatic nitrogens is 1. The number of carboxylic acids is 1. The minimum absolute atomic E-state index is 0.0205. The molecule has 2 aromatic carbocycles. The predicted molar refractivity (Wildman–Crippen MR) is 92.4 cm³/mol. The Labute approximate surface area is 138 Å². The molecule has 6 heteroatoms. The second kappa shape index (κ2) is 6.62. The Bertz CT molecular complexity index is 914. The van der Waals surface area contributed by atoms with Crippen LogP contribution in [0.15, 0.2) is 36.4 Å². The predicted octanol–water partition coefficient (Wildman–Crippen LogP) is 4.04. The quantitative estimate of drug-likeness (QED) is 0.617. The Hall–Kier alpha value is -3.02. The second-order valence-corrected chi connectivity index (χ2v) is 5.64. The maximum atomic E-state index is 11.8. The Kier molecular flexibility index (Phi) is 4.37. The molecule has 3 N–H and O–H groups in total. The number of rotatable bonds is 5. The molecule has 0 spiro atoms. The number of para-hydroxylation sites is 1. The maximum Gasteiger partial charge on any atom is 0.411 e. The van der Waals surface area contributed by atoms with Crippen molar-refractivity contribution in [3.8, 4) is 0 Å². The van der Waals surface area contributed by atoms with Crippen LogP contribution in [-0.2, 0) is 9.53 Å². The molecule has 0 aliphatic heterocycles. The van der Waals surface area contributed by atoms with Crippen LogP contribution in [-0.4, -0.2) is 28.8 Å². The van der Waals surface area contributed by atoms with Gasteiger partial charge in [0.25, 0.3) is 0 Å². The molecule has 3 aromatic rings. The van der Waals surface area contributed by atoms with E-state index >= 15 is 0 Å². The summed E-state index contributed by atoms with van der Waals surface area (Å²) in [4.78, 5) is 25.6. The van der Waals surface area contributed by atoms with E-state index in [2.05, 4.69) is 16.4 Å². The van der Waals surface area contributed by atoms with Crippen molar-refractivity contribution in [2.45, 2.75) is 19.8 Å². The van der Waals surface area contributed by atoms with Gasteiger partial charge in [0.2, 0.25) is 0 Å². The molecule has 0 atom stereocenters. The molecule has 0 saturated heterocycles. The summed E-state index contributed by atoms with van der Waals surface area (Å²) in [6.45, 7) is 1.99. The third-order valence-corrected chi connectivity index (χ3v) is 3.86. The highest BCUT2D eigenvalue weighted by atomic mass is 16.5. The third-order valence-electron chi connectivity index (χ3n) is 3.86. The van der Waals surface area contributed by atoms with Gasteiger partial charge in [0.1, 0.15) is 0 Å². The van der Waals surface area contributed by atoms with Gasteiger partial charge in [0.05, 0.1) is 6.61 Å². The van der Waals surface area contributed by atoms with Crippen molar-refractivity contribution in [2.24, 2.45) is 0 Å². The van der Waals surface area contributed by atoms with Gasteiger partial charge in [-0.15, -0.1) is 0 Å². The number of benzene rings is 2. The monoisotopic (exact) mass is 326 g/mol. The first-order valence-corrected chi connectivity index (χ1v) is 7.71. The zero-order chi connectivity index (χ0) is 17.1. The van der Waals surface area contributed by atoms with Gasteiger partial charge in [-0.05, 0) is 37.1 Å². The maximum absolute atomic E-state index is 11.8. The van der Waals surface area contributed by atoms with E-state index in [-0.39, 0.29) is 13.0 Å². The van der Waals surface area contributed by atoms with E-state index < -0.39 is 12.1 Å².